The van der Waals surface area contributed by atoms with Crippen molar-refractivity contribution in [2.45, 2.75) is 13.0 Å². The fourth-order valence-electron chi connectivity index (χ4n) is 2.19. The summed E-state index contributed by atoms with van der Waals surface area (Å²) in [6, 6.07) is 10.4. The van der Waals surface area contributed by atoms with E-state index in [0.717, 1.165) is 18.7 Å². The van der Waals surface area contributed by atoms with E-state index in [4.69, 9.17) is 4.74 Å². The highest BCUT2D eigenvalue weighted by molar-refractivity contribution is 6.01. The van der Waals surface area contributed by atoms with E-state index < -0.39 is 0 Å². The summed E-state index contributed by atoms with van der Waals surface area (Å²) in [7, 11) is 0. The summed E-state index contributed by atoms with van der Waals surface area (Å²) in [5, 5.41) is 3.13. The highest BCUT2D eigenvalue weighted by atomic mass is 19.1. The van der Waals surface area contributed by atoms with Crippen LogP contribution in [-0.2, 0) is 6.61 Å². The van der Waals surface area contributed by atoms with Gasteiger partial charge in [0.15, 0.2) is 0 Å². The van der Waals surface area contributed by atoms with Crippen LogP contribution in [0.25, 0.3) is 0 Å². The summed E-state index contributed by atoms with van der Waals surface area (Å²) in [4.78, 5) is 8.54. The number of ether oxygens (including phenoxy) is 1. The molecular formula is C16H16FN3O. The van der Waals surface area contributed by atoms with E-state index >= 15 is 0 Å². The molecule has 0 fully saturated rings. The molecule has 0 atom stereocenters. The Bertz CT molecular complexity index is 643. The molecule has 3 rings (SSSR count). The average molecular weight is 285 g/mol. The Morgan fingerprint density at radius 1 is 1.19 bits per heavy atom. The molecule has 1 aromatic carbocycles. The molecule has 0 saturated heterocycles. The average Bonchev–Trinajstić information content (AvgIpc) is 2.55. The second-order valence-corrected chi connectivity index (χ2v) is 4.73. The molecule has 0 aliphatic carbocycles. The quantitative estimate of drug-likeness (QED) is 0.939. The van der Waals surface area contributed by atoms with E-state index in [-0.39, 0.29) is 5.82 Å². The number of nitrogens with one attached hydrogen (secondary N) is 1. The molecule has 0 bridgehead atoms. The van der Waals surface area contributed by atoms with E-state index in [1.54, 1.807) is 18.3 Å². The molecule has 1 aromatic heterocycles. The second kappa shape index (κ2) is 6.35. The molecule has 0 amide bonds. The first-order valence-electron chi connectivity index (χ1n) is 6.94. The van der Waals surface area contributed by atoms with Gasteiger partial charge in [0.1, 0.15) is 24.0 Å². The summed E-state index contributed by atoms with van der Waals surface area (Å²) < 4.78 is 19.9. The zero-order valence-electron chi connectivity index (χ0n) is 11.6. The number of halogens is 1. The number of amidine groups is 1. The van der Waals surface area contributed by atoms with Crippen molar-refractivity contribution in [3.05, 3.63) is 59.7 Å². The van der Waals surface area contributed by atoms with Gasteiger partial charge in [0.25, 0.3) is 0 Å². The lowest BCUT2D eigenvalue weighted by Gasteiger charge is -2.18. The molecule has 0 saturated carbocycles. The zero-order chi connectivity index (χ0) is 14.5. The Morgan fingerprint density at radius 3 is 2.90 bits per heavy atom. The molecule has 108 valence electrons. The minimum absolute atomic E-state index is 0.296. The van der Waals surface area contributed by atoms with Gasteiger partial charge in [-0.1, -0.05) is 12.1 Å². The summed E-state index contributed by atoms with van der Waals surface area (Å²) in [6.45, 7) is 1.80. The van der Waals surface area contributed by atoms with Gasteiger partial charge in [0, 0.05) is 19.3 Å². The number of pyridine rings is 1. The standard InChI is InChI=1S/C16H16FN3O/c17-13-6-3-7-14(15(13)16-19-9-4-10-20-16)21-11-12-5-1-2-8-18-12/h1-3,5-8H,4,9-11H2,(H,19,20). The van der Waals surface area contributed by atoms with Crippen molar-refractivity contribution in [3.63, 3.8) is 0 Å². The van der Waals surface area contributed by atoms with Crippen LogP contribution in [0.5, 0.6) is 5.75 Å². The predicted octanol–water partition coefficient (Wildman–Crippen LogP) is 2.54. The summed E-state index contributed by atoms with van der Waals surface area (Å²) >= 11 is 0. The van der Waals surface area contributed by atoms with Crippen molar-refractivity contribution < 1.29 is 9.13 Å². The number of aliphatic imine (C=N–C) groups is 1. The van der Waals surface area contributed by atoms with Crippen molar-refractivity contribution in [1.82, 2.24) is 10.3 Å². The molecule has 2 heterocycles. The molecular weight excluding hydrogens is 269 g/mol. The van der Waals surface area contributed by atoms with E-state index in [1.165, 1.54) is 6.07 Å². The maximum absolute atomic E-state index is 14.1. The van der Waals surface area contributed by atoms with Gasteiger partial charge in [0.2, 0.25) is 0 Å². The van der Waals surface area contributed by atoms with E-state index in [2.05, 4.69) is 15.3 Å². The first kappa shape index (κ1) is 13.5. The van der Waals surface area contributed by atoms with Crippen molar-refractivity contribution in [2.24, 2.45) is 4.99 Å². The third-order valence-electron chi connectivity index (χ3n) is 3.21. The minimum atomic E-state index is -0.332. The predicted molar refractivity (Wildman–Crippen MR) is 79.0 cm³/mol. The molecule has 4 nitrogen and oxygen atoms in total. The normalized spacial score (nSPS) is 14.2. The van der Waals surface area contributed by atoms with Crippen molar-refractivity contribution >= 4 is 5.84 Å². The lowest BCUT2D eigenvalue weighted by Crippen LogP contribution is -2.31. The lowest BCUT2D eigenvalue weighted by atomic mass is 10.1. The molecule has 1 N–H and O–H groups in total. The Labute approximate surface area is 122 Å². The summed E-state index contributed by atoms with van der Waals surface area (Å²) in [5.41, 5.74) is 1.19. The second-order valence-electron chi connectivity index (χ2n) is 4.73. The Hall–Kier alpha value is -2.43. The van der Waals surface area contributed by atoms with Crippen LogP contribution < -0.4 is 10.1 Å². The highest BCUT2D eigenvalue weighted by Gasteiger charge is 2.17. The zero-order valence-corrected chi connectivity index (χ0v) is 11.6. The molecule has 0 spiro atoms. The summed E-state index contributed by atoms with van der Waals surface area (Å²) in [6.07, 6.45) is 2.67. The van der Waals surface area contributed by atoms with Crippen LogP contribution in [0, 0.1) is 5.82 Å². The molecule has 2 aromatic rings. The number of rotatable bonds is 4. The third-order valence-corrected chi connectivity index (χ3v) is 3.21. The Morgan fingerprint density at radius 2 is 2.14 bits per heavy atom. The van der Waals surface area contributed by atoms with Crippen LogP contribution in [0.2, 0.25) is 0 Å². The smallest absolute Gasteiger partial charge is 0.137 e. The van der Waals surface area contributed by atoms with Crippen LogP contribution in [0.1, 0.15) is 17.7 Å². The molecule has 1 aliphatic rings. The van der Waals surface area contributed by atoms with Crippen molar-refractivity contribution in [3.8, 4) is 5.75 Å². The van der Waals surface area contributed by atoms with Crippen LogP contribution in [0.3, 0.4) is 0 Å². The van der Waals surface area contributed by atoms with Gasteiger partial charge >= 0.3 is 0 Å². The van der Waals surface area contributed by atoms with Gasteiger partial charge in [-0.25, -0.2) is 4.39 Å². The number of aromatic nitrogens is 1. The molecule has 0 unspecified atom stereocenters. The molecule has 0 radical (unpaired) electrons. The van der Waals surface area contributed by atoms with Crippen LogP contribution in [0.15, 0.2) is 47.6 Å². The first-order valence-corrected chi connectivity index (χ1v) is 6.94. The van der Waals surface area contributed by atoms with Crippen molar-refractivity contribution in [1.29, 1.82) is 0 Å². The molecule has 1 aliphatic heterocycles. The molecule has 21 heavy (non-hydrogen) atoms. The van der Waals surface area contributed by atoms with Crippen molar-refractivity contribution in [2.75, 3.05) is 13.1 Å². The van der Waals surface area contributed by atoms with Crippen LogP contribution >= 0.6 is 0 Å². The third kappa shape index (κ3) is 3.18. The van der Waals surface area contributed by atoms with Gasteiger partial charge in [-0.2, -0.15) is 0 Å². The van der Waals surface area contributed by atoms with Gasteiger partial charge < -0.3 is 10.1 Å². The molecule has 5 heteroatoms. The highest BCUT2D eigenvalue weighted by Crippen LogP contribution is 2.23. The fourth-order valence-corrected chi connectivity index (χ4v) is 2.19. The van der Waals surface area contributed by atoms with E-state index in [1.807, 2.05) is 18.2 Å². The monoisotopic (exact) mass is 285 g/mol. The van der Waals surface area contributed by atoms with Crippen LogP contribution in [-0.4, -0.2) is 23.9 Å². The topological polar surface area (TPSA) is 46.5 Å². The number of hydrogen-bond acceptors (Lipinski definition) is 4. The number of nitrogens with zero attached hydrogens (tertiary/aromatic N) is 2. The van der Waals surface area contributed by atoms with E-state index in [0.29, 0.717) is 30.3 Å². The Balaban J connectivity index is 1.85. The maximum atomic E-state index is 14.1. The number of benzene rings is 1. The first-order chi connectivity index (χ1) is 10.3. The Kier molecular flexibility index (Phi) is 4.09. The summed E-state index contributed by atoms with van der Waals surface area (Å²) in [5.74, 6) is 0.714. The van der Waals surface area contributed by atoms with Gasteiger partial charge in [-0.15, -0.1) is 0 Å². The van der Waals surface area contributed by atoms with Crippen LogP contribution in [0.4, 0.5) is 4.39 Å². The van der Waals surface area contributed by atoms with Gasteiger partial charge in [-0.3, -0.25) is 9.98 Å². The number of hydrogen-bond donors (Lipinski definition) is 1. The van der Waals surface area contributed by atoms with Gasteiger partial charge in [-0.05, 0) is 30.7 Å². The van der Waals surface area contributed by atoms with E-state index in [9.17, 15) is 4.39 Å². The minimum Gasteiger partial charge on any atom is -0.486 e. The van der Waals surface area contributed by atoms with Gasteiger partial charge in [0.05, 0.1) is 11.3 Å². The fraction of sp³-hybridized carbons (Fsp3) is 0.250. The largest absolute Gasteiger partial charge is 0.486 e. The lowest BCUT2D eigenvalue weighted by molar-refractivity contribution is 0.299. The SMILES string of the molecule is Fc1cccc(OCc2ccccn2)c1C1=NCCCN1. The maximum Gasteiger partial charge on any atom is 0.137 e.